The third-order valence-corrected chi connectivity index (χ3v) is 10.7. The molecule has 0 aromatic heterocycles. The summed E-state index contributed by atoms with van der Waals surface area (Å²) in [4.78, 5) is 37.9. The molecule has 61 heavy (non-hydrogen) atoms. The van der Waals surface area contributed by atoms with E-state index in [0.717, 1.165) is 109 Å². The number of esters is 3. The van der Waals surface area contributed by atoms with E-state index in [1.165, 1.54) is 89.9 Å². The van der Waals surface area contributed by atoms with Crippen LogP contribution in [-0.2, 0) is 28.6 Å². The number of carbonyl (C=O) groups is 3. The molecule has 350 valence electrons. The molecule has 0 rings (SSSR count). The van der Waals surface area contributed by atoms with E-state index < -0.39 is 6.10 Å². The summed E-state index contributed by atoms with van der Waals surface area (Å²) in [5, 5.41) is 0. The summed E-state index contributed by atoms with van der Waals surface area (Å²) in [6, 6.07) is 0. The van der Waals surface area contributed by atoms with E-state index in [0.29, 0.717) is 19.3 Å². The predicted molar refractivity (Wildman–Crippen MR) is 261 cm³/mol. The molecule has 1 atom stereocenters. The zero-order valence-corrected chi connectivity index (χ0v) is 39.9. The predicted octanol–water partition coefficient (Wildman–Crippen LogP) is 16.6. The number of rotatable bonds is 45. The number of ether oxygens (including phenoxy) is 3. The topological polar surface area (TPSA) is 78.9 Å². The van der Waals surface area contributed by atoms with E-state index in [1.54, 1.807) is 0 Å². The highest BCUT2D eigenvalue weighted by Gasteiger charge is 2.19. The summed E-state index contributed by atoms with van der Waals surface area (Å²) in [7, 11) is 0. The molecule has 0 aromatic rings. The lowest BCUT2D eigenvalue weighted by Crippen LogP contribution is -2.30. The van der Waals surface area contributed by atoms with E-state index in [4.69, 9.17) is 14.2 Å². The van der Waals surface area contributed by atoms with Crippen LogP contribution in [0.15, 0.2) is 72.9 Å². The van der Waals surface area contributed by atoms with Gasteiger partial charge >= 0.3 is 17.9 Å². The Bertz CT molecular complexity index is 1160. The van der Waals surface area contributed by atoms with E-state index in [2.05, 4.69) is 93.7 Å². The van der Waals surface area contributed by atoms with Crippen molar-refractivity contribution in [2.75, 3.05) is 13.2 Å². The number of carbonyl (C=O) groups excluding carboxylic acids is 3. The third-order valence-electron chi connectivity index (χ3n) is 10.7. The van der Waals surface area contributed by atoms with Gasteiger partial charge in [-0.05, 0) is 96.3 Å². The summed E-state index contributed by atoms with van der Waals surface area (Å²) in [6.45, 7) is 6.43. The SMILES string of the molecule is CC/C=C\C/C=C\C/C=C\CCCCCCCCC(=O)OCC(COC(=O)CCCCC/C=C\C=C/CCCC)OC(=O)CCCCCCC/C=C\CCCCCCCCC. The van der Waals surface area contributed by atoms with Crippen LogP contribution in [0.3, 0.4) is 0 Å². The van der Waals surface area contributed by atoms with Gasteiger partial charge in [0.15, 0.2) is 6.10 Å². The van der Waals surface area contributed by atoms with Crippen molar-refractivity contribution < 1.29 is 28.6 Å². The Morgan fingerprint density at radius 3 is 1.18 bits per heavy atom. The van der Waals surface area contributed by atoms with Gasteiger partial charge in [0.1, 0.15) is 13.2 Å². The summed E-state index contributed by atoms with van der Waals surface area (Å²) < 4.78 is 16.7. The summed E-state index contributed by atoms with van der Waals surface area (Å²) in [5.41, 5.74) is 0. The fourth-order valence-electron chi connectivity index (χ4n) is 6.84. The smallest absolute Gasteiger partial charge is 0.306 e. The number of allylic oxidation sites excluding steroid dienone is 12. The van der Waals surface area contributed by atoms with Gasteiger partial charge in [0.2, 0.25) is 0 Å². The molecule has 1 unspecified atom stereocenters. The molecule has 0 amide bonds. The molecule has 0 fully saturated rings. The molecule has 6 heteroatoms. The van der Waals surface area contributed by atoms with Crippen LogP contribution >= 0.6 is 0 Å². The van der Waals surface area contributed by atoms with Gasteiger partial charge in [0, 0.05) is 19.3 Å². The van der Waals surface area contributed by atoms with Gasteiger partial charge in [-0.1, -0.05) is 196 Å². The molecule has 0 bridgehead atoms. The largest absolute Gasteiger partial charge is 0.462 e. The zero-order chi connectivity index (χ0) is 44.4. The van der Waals surface area contributed by atoms with Crippen molar-refractivity contribution >= 4 is 17.9 Å². The molecule has 6 nitrogen and oxygen atoms in total. The van der Waals surface area contributed by atoms with Gasteiger partial charge in [-0.25, -0.2) is 0 Å². The van der Waals surface area contributed by atoms with Crippen LogP contribution in [0.5, 0.6) is 0 Å². The quantitative estimate of drug-likeness (QED) is 0.0200. The highest BCUT2D eigenvalue weighted by Crippen LogP contribution is 2.14. The van der Waals surface area contributed by atoms with Crippen LogP contribution in [0.4, 0.5) is 0 Å². The van der Waals surface area contributed by atoms with Crippen molar-refractivity contribution in [3.05, 3.63) is 72.9 Å². The van der Waals surface area contributed by atoms with Gasteiger partial charge in [0.05, 0.1) is 0 Å². The molecule has 0 saturated heterocycles. The lowest BCUT2D eigenvalue weighted by molar-refractivity contribution is -0.167. The van der Waals surface area contributed by atoms with Crippen LogP contribution < -0.4 is 0 Å². The molecule has 0 aliphatic heterocycles. The maximum Gasteiger partial charge on any atom is 0.306 e. The van der Waals surface area contributed by atoms with Gasteiger partial charge in [0.25, 0.3) is 0 Å². The van der Waals surface area contributed by atoms with E-state index in [9.17, 15) is 14.4 Å². The van der Waals surface area contributed by atoms with Gasteiger partial charge in [-0.3, -0.25) is 14.4 Å². The molecule has 0 spiro atoms. The Morgan fingerprint density at radius 2 is 0.705 bits per heavy atom. The number of hydrogen-bond donors (Lipinski definition) is 0. The average Bonchev–Trinajstić information content (AvgIpc) is 3.26. The number of hydrogen-bond acceptors (Lipinski definition) is 6. The minimum Gasteiger partial charge on any atom is -0.462 e. The van der Waals surface area contributed by atoms with Crippen molar-refractivity contribution in [1.82, 2.24) is 0 Å². The van der Waals surface area contributed by atoms with Gasteiger partial charge in [-0.15, -0.1) is 0 Å². The molecule has 0 saturated carbocycles. The number of unbranched alkanes of at least 4 members (excludes halogenated alkanes) is 23. The first-order valence-corrected chi connectivity index (χ1v) is 25.5. The van der Waals surface area contributed by atoms with Crippen LogP contribution in [0, 0.1) is 0 Å². The Hall–Kier alpha value is -3.15. The maximum absolute atomic E-state index is 12.8. The highest BCUT2D eigenvalue weighted by molar-refractivity contribution is 5.71. The molecule has 0 aromatic carbocycles. The third kappa shape index (κ3) is 47.7. The Morgan fingerprint density at radius 1 is 0.361 bits per heavy atom. The van der Waals surface area contributed by atoms with E-state index in [-0.39, 0.29) is 31.1 Å². The normalized spacial score (nSPS) is 12.6. The molecule has 0 aliphatic carbocycles. The second kappa shape index (κ2) is 49.5. The first-order valence-electron chi connectivity index (χ1n) is 25.5. The first kappa shape index (κ1) is 57.9. The maximum atomic E-state index is 12.8. The van der Waals surface area contributed by atoms with Crippen molar-refractivity contribution in [1.29, 1.82) is 0 Å². The fourth-order valence-corrected chi connectivity index (χ4v) is 6.84. The van der Waals surface area contributed by atoms with Crippen LogP contribution in [0.25, 0.3) is 0 Å². The lowest BCUT2D eigenvalue weighted by Gasteiger charge is -2.18. The Balaban J connectivity index is 4.43. The molecule has 0 radical (unpaired) electrons. The molecular formula is C55H94O6. The minimum atomic E-state index is -0.795. The summed E-state index contributed by atoms with van der Waals surface area (Å²) in [6.07, 6.45) is 61.7. The zero-order valence-electron chi connectivity index (χ0n) is 39.9. The second-order valence-corrected chi connectivity index (χ2v) is 16.7. The summed E-state index contributed by atoms with van der Waals surface area (Å²) in [5.74, 6) is -0.943. The Kier molecular flexibility index (Phi) is 46.9. The minimum absolute atomic E-state index is 0.0945. The molecule has 0 aliphatic rings. The van der Waals surface area contributed by atoms with Crippen LogP contribution in [0.2, 0.25) is 0 Å². The highest BCUT2D eigenvalue weighted by atomic mass is 16.6. The molecule has 0 N–H and O–H groups in total. The van der Waals surface area contributed by atoms with E-state index >= 15 is 0 Å². The van der Waals surface area contributed by atoms with E-state index in [1.807, 2.05) is 0 Å². The first-order chi connectivity index (χ1) is 30.0. The molecular weight excluding hydrogens is 757 g/mol. The van der Waals surface area contributed by atoms with Gasteiger partial charge < -0.3 is 14.2 Å². The standard InChI is InChI=1S/C55H94O6/c1-4-7-10-13-16-19-22-24-26-28-30-33-36-39-42-45-48-54(57)60-51-52(50-59-53(56)47-44-41-38-35-32-21-18-15-12-9-6-3)61-55(58)49-46-43-40-37-34-31-29-27-25-23-20-17-14-11-8-5-2/h7,10,15-16,18-19,21,24,26-27,29,32,52H,4-6,8-9,11-14,17,20,22-23,25,28,30-31,33-51H2,1-3H3/b10-7-,18-15-,19-16-,26-24-,29-27-,32-21-. The van der Waals surface area contributed by atoms with Crippen molar-refractivity contribution in [3.63, 3.8) is 0 Å². The second-order valence-electron chi connectivity index (χ2n) is 16.7. The van der Waals surface area contributed by atoms with Crippen molar-refractivity contribution in [2.24, 2.45) is 0 Å². The van der Waals surface area contributed by atoms with Gasteiger partial charge in [-0.2, -0.15) is 0 Å². The monoisotopic (exact) mass is 851 g/mol. The van der Waals surface area contributed by atoms with Crippen molar-refractivity contribution in [2.45, 2.75) is 245 Å². The van der Waals surface area contributed by atoms with Crippen LogP contribution in [0.1, 0.15) is 239 Å². The Labute approximate surface area is 376 Å². The molecule has 0 heterocycles. The lowest BCUT2D eigenvalue weighted by atomic mass is 10.1. The summed E-state index contributed by atoms with van der Waals surface area (Å²) >= 11 is 0. The fraction of sp³-hybridized carbons (Fsp3) is 0.727. The average molecular weight is 851 g/mol. The van der Waals surface area contributed by atoms with Crippen LogP contribution in [-0.4, -0.2) is 37.2 Å². The van der Waals surface area contributed by atoms with Crippen molar-refractivity contribution in [3.8, 4) is 0 Å².